The maximum absolute atomic E-state index is 9.03. The number of nitriles is 1. The van der Waals surface area contributed by atoms with Gasteiger partial charge in [-0.2, -0.15) is 5.26 Å². The Morgan fingerprint density at radius 2 is 2.05 bits per heavy atom. The molecule has 0 bridgehead atoms. The van der Waals surface area contributed by atoms with Gasteiger partial charge in [-0.05, 0) is 17.7 Å². The quantitative estimate of drug-likeness (QED) is 0.926. The summed E-state index contributed by atoms with van der Waals surface area (Å²) in [6, 6.07) is 10.5. The summed E-state index contributed by atoms with van der Waals surface area (Å²) in [6.07, 6.45) is 0.521. The van der Waals surface area contributed by atoms with Crippen molar-refractivity contribution in [3.05, 3.63) is 29.8 Å². The number of halogens is 2. The first-order valence-corrected chi connectivity index (χ1v) is 6.31. The number of benzene rings is 1. The van der Waals surface area contributed by atoms with Crippen molar-refractivity contribution in [3.8, 4) is 11.8 Å². The number of hydrogen-bond donors (Lipinski definition) is 1. The molecular formula is C14H21Cl2N3O. The molecule has 2 rings (SSSR count). The van der Waals surface area contributed by atoms with Crippen LogP contribution in [0.2, 0.25) is 0 Å². The Hall–Kier alpha value is -0.990. The molecule has 0 saturated carbocycles. The summed E-state index contributed by atoms with van der Waals surface area (Å²) < 4.78 is 5.26. The Kier molecular flexibility index (Phi) is 9.35. The molecule has 0 amide bonds. The van der Waals surface area contributed by atoms with E-state index in [9.17, 15) is 0 Å². The normalized spacial score (nSPS) is 16.2. The molecule has 1 aromatic carbocycles. The van der Waals surface area contributed by atoms with Crippen molar-refractivity contribution in [2.24, 2.45) is 0 Å². The van der Waals surface area contributed by atoms with Crippen LogP contribution in [-0.2, 0) is 0 Å². The molecule has 1 aliphatic heterocycles. The lowest BCUT2D eigenvalue weighted by atomic mass is 10.0. The fourth-order valence-electron chi connectivity index (χ4n) is 2.39. The van der Waals surface area contributed by atoms with E-state index in [1.165, 1.54) is 0 Å². The van der Waals surface area contributed by atoms with E-state index in [4.69, 9.17) is 10.00 Å². The third-order valence-corrected chi connectivity index (χ3v) is 3.36. The molecular weight excluding hydrogens is 297 g/mol. The minimum Gasteiger partial charge on any atom is -0.497 e. The van der Waals surface area contributed by atoms with Gasteiger partial charge in [0.25, 0.3) is 0 Å². The summed E-state index contributed by atoms with van der Waals surface area (Å²) in [4.78, 5) is 2.37. The molecule has 1 heterocycles. The van der Waals surface area contributed by atoms with E-state index >= 15 is 0 Å². The third-order valence-electron chi connectivity index (χ3n) is 3.36. The number of nitrogens with zero attached hydrogens (tertiary/aromatic N) is 2. The van der Waals surface area contributed by atoms with Crippen molar-refractivity contribution in [1.29, 1.82) is 5.26 Å². The lowest BCUT2D eigenvalue weighted by molar-refractivity contribution is 0.175. The summed E-state index contributed by atoms with van der Waals surface area (Å²) in [5, 5.41) is 12.4. The van der Waals surface area contributed by atoms with Gasteiger partial charge in [-0.3, -0.25) is 4.90 Å². The molecule has 6 heteroatoms. The summed E-state index contributed by atoms with van der Waals surface area (Å²) in [5.41, 5.74) is 1.16. The lowest BCUT2D eigenvalue weighted by Gasteiger charge is -2.34. The largest absolute Gasteiger partial charge is 0.497 e. The van der Waals surface area contributed by atoms with Crippen LogP contribution >= 0.6 is 24.8 Å². The van der Waals surface area contributed by atoms with Crippen LogP contribution in [-0.4, -0.2) is 38.2 Å². The molecule has 0 unspecified atom stereocenters. The van der Waals surface area contributed by atoms with E-state index < -0.39 is 0 Å². The molecule has 20 heavy (non-hydrogen) atoms. The molecule has 1 aromatic rings. The van der Waals surface area contributed by atoms with Crippen molar-refractivity contribution in [2.45, 2.75) is 12.5 Å². The molecule has 1 aliphatic rings. The summed E-state index contributed by atoms with van der Waals surface area (Å²) in [6.45, 7) is 3.96. The number of nitrogens with one attached hydrogen (secondary N) is 1. The fourth-order valence-corrected chi connectivity index (χ4v) is 2.39. The molecule has 0 radical (unpaired) electrons. The zero-order valence-corrected chi connectivity index (χ0v) is 13.2. The van der Waals surface area contributed by atoms with Crippen LogP contribution < -0.4 is 10.1 Å². The third kappa shape index (κ3) is 4.84. The summed E-state index contributed by atoms with van der Waals surface area (Å²) in [5.74, 6) is 0.852. The van der Waals surface area contributed by atoms with Crippen molar-refractivity contribution in [3.63, 3.8) is 0 Å². The predicted molar refractivity (Wildman–Crippen MR) is 84.9 cm³/mol. The average molecular weight is 318 g/mol. The van der Waals surface area contributed by atoms with Crippen LogP contribution in [0.4, 0.5) is 0 Å². The summed E-state index contributed by atoms with van der Waals surface area (Å²) in [7, 11) is 1.67. The zero-order chi connectivity index (χ0) is 12.8. The zero-order valence-electron chi connectivity index (χ0n) is 11.5. The van der Waals surface area contributed by atoms with Crippen molar-refractivity contribution in [2.75, 3.05) is 33.3 Å². The first-order chi connectivity index (χ1) is 8.85. The van der Waals surface area contributed by atoms with Crippen molar-refractivity contribution < 1.29 is 4.74 Å². The second kappa shape index (κ2) is 9.84. The van der Waals surface area contributed by atoms with E-state index in [-0.39, 0.29) is 30.9 Å². The predicted octanol–water partition coefficient (Wildman–Crippen LogP) is 2.40. The van der Waals surface area contributed by atoms with E-state index in [2.05, 4.69) is 22.4 Å². The van der Waals surface area contributed by atoms with Gasteiger partial charge in [0, 0.05) is 32.2 Å². The first-order valence-electron chi connectivity index (χ1n) is 6.31. The Morgan fingerprint density at radius 1 is 1.35 bits per heavy atom. The van der Waals surface area contributed by atoms with E-state index in [0.29, 0.717) is 6.42 Å². The average Bonchev–Trinajstić information content (AvgIpc) is 2.46. The van der Waals surface area contributed by atoms with Gasteiger partial charge in [0.2, 0.25) is 0 Å². The van der Waals surface area contributed by atoms with Gasteiger partial charge >= 0.3 is 0 Å². The van der Waals surface area contributed by atoms with Gasteiger partial charge in [0.05, 0.1) is 19.6 Å². The summed E-state index contributed by atoms with van der Waals surface area (Å²) >= 11 is 0. The molecule has 1 saturated heterocycles. The van der Waals surface area contributed by atoms with Crippen LogP contribution in [0.25, 0.3) is 0 Å². The highest BCUT2D eigenvalue weighted by Gasteiger charge is 2.22. The number of rotatable bonds is 4. The van der Waals surface area contributed by atoms with Crippen molar-refractivity contribution in [1.82, 2.24) is 10.2 Å². The lowest BCUT2D eigenvalue weighted by Crippen LogP contribution is -2.45. The highest BCUT2D eigenvalue weighted by molar-refractivity contribution is 5.85. The Morgan fingerprint density at radius 3 is 2.65 bits per heavy atom. The molecule has 0 spiro atoms. The first kappa shape index (κ1) is 19.0. The fraction of sp³-hybridized carbons (Fsp3) is 0.500. The molecule has 4 nitrogen and oxygen atoms in total. The monoisotopic (exact) mass is 317 g/mol. The second-order valence-corrected chi connectivity index (χ2v) is 4.44. The Labute approximate surface area is 132 Å². The van der Waals surface area contributed by atoms with Crippen LogP contribution in [0.1, 0.15) is 18.0 Å². The minimum atomic E-state index is 0. The van der Waals surface area contributed by atoms with E-state index in [1.54, 1.807) is 7.11 Å². The van der Waals surface area contributed by atoms with Crippen LogP contribution in [0.3, 0.4) is 0 Å². The highest BCUT2D eigenvalue weighted by atomic mass is 35.5. The molecule has 0 aliphatic carbocycles. The van der Waals surface area contributed by atoms with Gasteiger partial charge in [0.15, 0.2) is 0 Å². The number of hydrogen-bond acceptors (Lipinski definition) is 4. The number of piperazine rings is 1. The van der Waals surface area contributed by atoms with Gasteiger partial charge in [-0.15, -0.1) is 24.8 Å². The van der Waals surface area contributed by atoms with E-state index in [0.717, 1.165) is 37.5 Å². The smallest absolute Gasteiger partial charge is 0.119 e. The Bertz CT molecular complexity index is 431. The van der Waals surface area contributed by atoms with Crippen LogP contribution in [0, 0.1) is 11.3 Å². The van der Waals surface area contributed by atoms with Gasteiger partial charge in [-0.25, -0.2) is 0 Å². The van der Waals surface area contributed by atoms with Gasteiger partial charge in [0.1, 0.15) is 5.75 Å². The number of ether oxygens (including phenoxy) is 1. The van der Waals surface area contributed by atoms with Crippen molar-refractivity contribution >= 4 is 24.8 Å². The topological polar surface area (TPSA) is 48.3 Å². The number of methoxy groups -OCH3 is 1. The maximum atomic E-state index is 9.03. The molecule has 1 atom stereocenters. The molecule has 1 fully saturated rings. The molecule has 112 valence electrons. The van der Waals surface area contributed by atoms with Crippen LogP contribution in [0.15, 0.2) is 24.3 Å². The highest BCUT2D eigenvalue weighted by Crippen LogP contribution is 2.27. The maximum Gasteiger partial charge on any atom is 0.119 e. The van der Waals surface area contributed by atoms with Crippen LogP contribution in [0.5, 0.6) is 5.75 Å². The molecule has 1 N–H and O–H groups in total. The second-order valence-electron chi connectivity index (χ2n) is 4.44. The standard InChI is InChI=1S/C14H19N3O.2ClH/c1-18-13-4-2-3-12(11-13)14(5-6-15)17-9-7-16-8-10-17;;/h2-4,11,14,16H,5,7-10H2,1H3;2*1H/t14-;;/m1../s1. The van der Waals surface area contributed by atoms with E-state index in [1.807, 2.05) is 18.2 Å². The van der Waals surface area contributed by atoms with Gasteiger partial charge < -0.3 is 10.1 Å². The minimum absolute atomic E-state index is 0. The molecule has 0 aromatic heterocycles. The van der Waals surface area contributed by atoms with Gasteiger partial charge in [-0.1, -0.05) is 12.1 Å². The Balaban J connectivity index is 0.00000180. The SMILES string of the molecule is COc1cccc([C@@H](CC#N)N2CCNCC2)c1.Cl.Cl.